The summed E-state index contributed by atoms with van der Waals surface area (Å²) in [5.74, 6) is 0.00611. The minimum Gasteiger partial charge on any atom is -0.368 e. The average Bonchev–Trinajstić information content (AvgIpc) is 2.76. The first kappa shape index (κ1) is 12.4. The predicted molar refractivity (Wildman–Crippen MR) is 70.3 cm³/mol. The van der Waals surface area contributed by atoms with Crippen molar-refractivity contribution < 1.29 is 4.79 Å². The number of carbonyl (C=O) groups is 1. The van der Waals surface area contributed by atoms with Crippen LogP contribution in [0.3, 0.4) is 0 Å². The van der Waals surface area contributed by atoms with Gasteiger partial charge in [0.25, 0.3) is 0 Å². The number of nitrogens with one attached hydrogen (secondary N) is 1. The summed E-state index contributed by atoms with van der Waals surface area (Å²) in [6.45, 7) is 5.21. The monoisotopic (exact) mass is 243 g/mol. The number of aryl methyl sites for hydroxylation is 1. The third-order valence-electron chi connectivity index (χ3n) is 3.21. The SMILES string of the molecule is CC(=O)NC1CCN(c2cc(C)ccc2C#N)C1. The summed E-state index contributed by atoms with van der Waals surface area (Å²) in [7, 11) is 0. The van der Waals surface area contributed by atoms with E-state index in [1.807, 2.05) is 25.1 Å². The molecule has 1 N–H and O–H groups in total. The third-order valence-corrected chi connectivity index (χ3v) is 3.21. The second kappa shape index (κ2) is 5.09. The average molecular weight is 243 g/mol. The molecule has 1 amide bonds. The van der Waals surface area contributed by atoms with Crippen LogP contribution in [0.4, 0.5) is 5.69 Å². The highest BCUT2D eigenvalue weighted by atomic mass is 16.1. The van der Waals surface area contributed by atoms with Crippen LogP contribution in [0, 0.1) is 18.3 Å². The number of rotatable bonds is 2. The molecule has 1 unspecified atom stereocenters. The summed E-state index contributed by atoms with van der Waals surface area (Å²) >= 11 is 0. The summed E-state index contributed by atoms with van der Waals surface area (Å²) in [5.41, 5.74) is 2.82. The molecule has 1 aromatic rings. The van der Waals surface area contributed by atoms with Crippen molar-refractivity contribution in [1.82, 2.24) is 5.32 Å². The van der Waals surface area contributed by atoms with E-state index in [0.29, 0.717) is 5.56 Å². The molecule has 4 nitrogen and oxygen atoms in total. The lowest BCUT2D eigenvalue weighted by Crippen LogP contribution is -2.35. The van der Waals surface area contributed by atoms with Gasteiger partial charge in [-0.2, -0.15) is 5.26 Å². The zero-order chi connectivity index (χ0) is 13.1. The number of amides is 1. The van der Waals surface area contributed by atoms with Crippen molar-refractivity contribution in [1.29, 1.82) is 5.26 Å². The molecule has 0 aliphatic carbocycles. The van der Waals surface area contributed by atoms with Gasteiger partial charge in [0, 0.05) is 26.1 Å². The first-order valence-electron chi connectivity index (χ1n) is 6.13. The summed E-state index contributed by atoms with van der Waals surface area (Å²) in [5, 5.41) is 12.1. The van der Waals surface area contributed by atoms with Crippen LogP contribution in [0.25, 0.3) is 0 Å². The number of hydrogen-bond acceptors (Lipinski definition) is 3. The topological polar surface area (TPSA) is 56.1 Å². The largest absolute Gasteiger partial charge is 0.368 e. The van der Waals surface area contributed by atoms with Crippen LogP contribution < -0.4 is 10.2 Å². The maximum Gasteiger partial charge on any atom is 0.217 e. The quantitative estimate of drug-likeness (QED) is 0.858. The summed E-state index contributed by atoms with van der Waals surface area (Å²) < 4.78 is 0. The molecule has 1 saturated heterocycles. The van der Waals surface area contributed by atoms with Gasteiger partial charge in [0.2, 0.25) is 5.91 Å². The highest BCUT2D eigenvalue weighted by Crippen LogP contribution is 2.25. The Morgan fingerprint density at radius 3 is 3.00 bits per heavy atom. The Kier molecular flexibility index (Phi) is 3.52. The Morgan fingerprint density at radius 1 is 1.56 bits per heavy atom. The van der Waals surface area contributed by atoms with E-state index in [1.54, 1.807) is 0 Å². The summed E-state index contributed by atoms with van der Waals surface area (Å²) in [6.07, 6.45) is 0.929. The van der Waals surface area contributed by atoms with Crippen LogP contribution in [0.1, 0.15) is 24.5 Å². The number of hydrogen-bond donors (Lipinski definition) is 1. The first-order chi connectivity index (χ1) is 8.60. The second-order valence-corrected chi connectivity index (χ2v) is 4.76. The standard InChI is InChI=1S/C14H17N3O/c1-10-3-4-12(8-15)14(7-10)17-6-5-13(9-17)16-11(2)18/h3-4,7,13H,5-6,9H2,1-2H3,(H,16,18). The van der Waals surface area contributed by atoms with Crippen molar-refractivity contribution in [3.63, 3.8) is 0 Å². The number of anilines is 1. The number of benzene rings is 1. The van der Waals surface area contributed by atoms with E-state index in [0.717, 1.165) is 30.8 Å². The Morgan fingerprint density at radius 2 is 2.33 bits per heavy atom. The maximum atomic E-state index is 11.0. The highest BCUT2D eigenvalue weighted by Gasteiger charge is 2.24. The van der Waals surface area contributed by atoms with Gasteiger partial charge >= 0.3 is 0 Å². The van der Waals surface area contributed by atoms with Gasteiger partial charge in [-0.05, 0) is 31.0 Å². The highest BCUT2D eigenvalue weighted by molar-refractivity contribution is 5.73. The van der Waals surface area contributed by atoms with Crippen LogP contribution in [0.15, 0.2) is 18.2 Å². The van der Waals surface area contributed by atoms with Gasteiger partial charge in [-0.25, -0.2) is 0 Å². The molecule has 2 rings (SSSR count). The maximum absolute atomic E-state index is 11.0. The fraction of sp³-hybridized carbons (Fsp3) is 0.429. The van der Waals surface area contributed by atoms with E-state index in [2.05, 4.69) is 16.3 Å². The first-order valence-corrected chi connectivity index (χ1v) is 6.13. The lowest BCUT2D eigenvalue weighted by molar-refractivity contribution is -0.119. The Balaban J connectivity index is 2.16. The zero-order valence-electron chi connectivity index (χ0n) is 10.7. The Hall–Kier alpha value is -2.02. The molecule has 0 bridgehead atoms. The molecule has 1 fully saturated rings. The van der Waals surface area contributed by atoms with Crippen molar-refractivity contribution in [2.45, 2.75) is 26.3 Å². The van der Waals surface area contributed by atoms with E-state index >= 15 is 0 Å². The molecule has 1 heterocycles. The van der Waals surface area contributed by atoms with Gasteiger partial charge in [-0.15, -0.1) is 0 Å². The van der Waals surface area contributed by atoms with E-state index in [1.165, 1.54) is 6.92 Å². The molecule has 18 heavy (non-hydrogen) atoms. The molecule has 0 radical (unpaired) electrons. The van der Waals surface area contributed by atoms with Crippen LogP contribution in [-0.4, -0.2) is 25.0 Å². The molecule has 1 aliphatic heterocycles. The molecule has 1 atom stereocenters. The van der Waals surface area contributed by atoms with E-state index in [4.69, 9.17) is 5.26 Å². The van der Waals surface area contributed by atoms with E-state index < -0.39 is 0 Å². The molecular weight excluding hydrogens is 226 g/mol. The Bertz CT molecular complexity index is 504. The van der Waals surface area contributed by atoms with Gasteiger partial charge in [0.1, 0.15) is 6.07 Å². The van der Waals surface area contributed by atoms with Crippen LogP contribution in [-0.2, 0) is 4.79 Å². The molecule has 0 saturated carbocycles. The van der Waals surface area contributed by atoms with Crippen molar-refractivity contribution in [2.75, 3.05) is 18.0 Å². The van der Waals surface area contributed by atoms with Crippen molar-refractivity contribution in [3.05, 3.63) is 29.3 Å². The smallest absolute Gasteiger partial charge is 0.217 e. The zero-order valence-corrected chi connectivity index (χ0v) is 10.7. The van der Waals surface area contributed by atoms with E-state index in [-0.39, 0.29) is 11.9 Å². The summed E-state index contributed by atoms with van der Waals surface area (Å²) in [4.78, 5) is 13.2. The molecule has 0 aromatic heterocycles. The van der Waals surface area contributed by atoms with Crippen molar-refractivity contribution in [2.24, 2.45) is 0 Å². The molecular formula is C14H17N3O. The van der Waals surface area contributed by atoms with Gasteiger partial charge in [0.05, 0.1) is 11.3 Å². The van der Waals surface area contributed by atoms with E-state index in [9.17, 15) is 4.79 Å². The third kappa shape index (κ3) is 2.62. The second-order valence-electron chi connectivity index (χ2n) is 4.76. The van der Waals surface area contributed by atoms with Gasteiger partial charge in [-0.1, -0.05) is 6.07 Å². The van der Waals surface area contributed by atoms with Crippen LogP contribution in [0.5, 0.6) is 0 Å². The molecule has 1 aromatic carbocycles. The summed E-state index contributed by atoms with van der Waals surface area (Å²) in [6, 6.07) is 8.26. The fourth-order valence-corrected chi connectivity index (χ4v) is 2.38. The molecule has 4 heteroatoms. The number of nitrogens with zero attached hydrogens (tertiary/aromatic N) is 2. The van der Waals surface area contributed by atoms with Crippen molar-refractivity contribution >= 4 is 11.6 Å². The molecule has 94 valence electrons. The fourth-order valence-electron chi connectivity index (χ4n) is 2.38. The van der Waals surface area contributed by atoms with Crippen molar-refractivity contribution in [3.8, 4) is 6.07 Å². The van der Waals surface area contributed by atoms with Gasteiger partial charge < -0.3 is 10.2 Å². The predicted octanol–water partition coefficient (Wildman–Crippen LogP) is 1.58. The normalized spacial score (nSPS) is 18.5. The number of carbonyl (C=O) groups excluding carboxylic acids is 1. The lowest BCUT2D eigenvalue weighted by Gasteiger charge is -2.20. The minimum absolute atomic E-state index is 0.00611. The minimum atomic E-state index is 0.00611. The number of nitriles is 1. The van der Waals surface area contributed by atoms with Gasteiger partial charge in [-0.3, -0.25) is 4.79 Å². The molecule has 0 spiro atoms. The Labute approximate surface area is 107 Å². The van der Waals surface area contributed by atoms with Crippen LogP contribution >= 0.6 is 0 Å². The molecule has 1 aliphatic rings. The lowest BCUT2D eigenvalue weighted by atomic mass is 10.1. The van der Waals surface area contributed by atoms with Crippen LogP contribution in [0.2, 0.25) is 0 Å². The van der Waals surface area contributed by atoms with Gasteiger partial charge in [0.15, 0.2) is 0 Å².